The molecule has 0 radical (unpaired) electrons. The molecular formula is C17H18ClN5S. The van der Waals surface area contributed by atoms with Crippen molar-refractivity contribution >= 4 is 29.0 Å². The molecule has 0 spiro atoms. The summed E-state index contributed by atoms with van der Waals surface area (Å²) in [6, 6.07) is 3.84. The zero-order valence-corrected chi connectivity index (χ0v) is 15.2. The minimum absolute atomic E-state index is 0.725. The highest BCUT2D eigenvalue weighted by Crippen LogP contribution is 2.23. The molecule has 0 aromatic carbocycles. The number of imidazole rings is 1. The number of pyridine rings is 1. The lowest BCUT2D eigenvalue weighted by molar-refractivity contribution is 0.238. The molecule has 0 saturated heterocycles. The number of halogens is 1. The first-order valence-corrected chi connectivity index (χ1v) is 9.48. The van der Waals surface area contributed by atoms with Crippen molar-refractivity contribution in [2.24, 2.45) is 0 Å². The Labute approximate surface area is 150 Å². The van der Waals surface area contributed by atoms with Crippen molar-refractivity contribution in [2.75, 3.05) is 12.8 Å². The Kier molecular flexibility index (Phi) is 4.20. The Balaban J connectivity index is 1.60. The molecule has 1 aliphatic rings. The molecule has 7 heteroatoms. The average Bonchev–Trinajstić information content (AvgIpc) is 2.89. The lowest BCUT2D eigenvalue weighted by Gasteiger charge is -2.28. The third kappa shape index (κ3) is 2.90. The Morgan fingerprint density at radius 1 is 1.29 bits per heavy atom. The van der Waals surface area contributed by atoms with Crippen LogP contribution in [0.2, 0.25) is 5.02 Å². The van der Waals surface area contributed by atoms with Crippen LogP contribution >= 0.6 is 23.4 Å². The predicted molar refractivity (Wildman–Crippen MR) is 96.6 cm³/mol. The van der Waals surface area contributed by atoms with Crippen molar-refractivity contribution in [2.45, 2.75) is 31.6 Å². The molecule has 0 saturated carbocycles. The van der Waals surface area contributed by atoms with Crippen molar-refractivity contribution in [3.63, 3.8) is 0 Å². The Morgan fingerprint density at radius 2 is 2.17 bits per heavy atom. The smallest absolute Gasteiger partial charge is 0.187 e. The quantitative estimate of drug-likeness (QED) is 0.530. The standard InChI is InChI=1S/C17H18ClN5S/c1-11-15(23-9-13(18)3-4-16(23)20-11)10-22-6-5-14-12(8-22)7-19-17(21-14)24-2/h3-4,7,9H,5-6,8,10H2,1-2H3. The maximum atomic E-state index is 6.16. The summed E-state index contributed by atoms with van der Waals surface area (Å²) in [7, 11) is 0. The molecule has 0 amide bonds. The summed E-state index contributed by atoms with van der Waals surface area (Å²) in [6.45, 7) is 4.77. The van der Waals surface area contributed by atoms with Crippen LogP contribution in [0.15, 0.2) is 29.7 Å². The van der Waals surface area contributed by atoms with Crippen LogP contribution in [-0.4, -0.2) is 37.1 Å². The highest BCUT2D eigenvalue weighted by molar-refractivity contribution is 7.98. The monoisotopic (exact) mass is 359 g/mol. The van der Waals surface area contributed by atoms with E-state index < -0.39 is 0 Å². The van der Waals surface area contributed by atoms with E-state index in [4.69, 9.17) is 11.6 Å². The van der Waals surface area contributed by atoms with E-state index in [1.807, 2.05) is 30.8 Å². The van der Waals surface area contributed by atoms with Crippen LogP contribution in [0.1, 0.15) is 22.6 Å². The number of hydrogen-bond acceptors (Lipinski definition) is 5. The molecule has 0 bridgehead atoms. The summed E-state index contributed by atoms with van der Waals surface area (Å²) in [5.41, 5.74) is 5.60. The van der Waals surface area contributed by atoms with Gasteiger partial charge in [0.2, 0.25) is 0 Å². The first-order valence-electron chi connectivity index (χ1n) is 7.88. The van der Waals surface area contributed by atoms with E-state index >= 15 is 0 Å². The molecule has 24 heavy (non-hydrogen) atoms. The molecule has 3 aromatic heterocycles. The van der Waals surface area contributed by atoms with E-state index in [9.17, 15) is 0 Å². The van der Waals surface area contributed by atoms with E-state index in [0.29, 0.717) is 0 Å². The number of nitrogens with zero attached hydrogens (tertiary/aromatic N) is 5. The van der Waals surface area contributed by atoms with E-state index in [1.165, 1.54) is 17.0 Å². The molecule has 0 atom stereocenters. The number of fused-ring (bicyclic) bond motifs is 2. The molecule has 0 fully saturated rings. The van der Waals surface area contributed by atoms with Crippen LogP contribution < -0.4 is 0 Å². The molecular weight excluding hydrogens is 342 g/mol. The average molecular weight is 360 g/mol. The fourth-order valence-corrected chi connectivity index (χ4v) is 3.70. The Hall–Kier alpha value is -1.63. The fraction of sp³-hybridized carbons (Fsp3) is 0.353. The SMILES string of the molecule is CSc1ncc2c(n1)CCN(Cc1c(C)nc3ccc(Cl)cn13)C2. The van der Waals surface area contributed by atoms with Gasteiger partial charge in [-0.15, -0.1) is 0 Å². The molecule has 0 N–H and O–H groups in total. The van der Waals surface area contributed by atoms with E-state index in [1.54, 1.807) is 11.8 Å². The Bertz CT molecular complexity index is 907. The van der Waals surface area contributed by atoms with Crippen molar-refractivity contribution in [1.82, 2.24) is 24.3 Å². The van der Waals surface area contributed by atoms with Crippen LogP contribution in [-0.2, 0) is 19.5 Å². The number of thioether (sulfide) groups is 1. The molecule has 1 aliphatic heterocycles. The number of hydrogen-bond donors (Lipinski definition) is 0. The number of aromatic nitrogens is 4. The highest BCUT2D eigenvalue weighted by atomic mass is 35.5. The van der Waals surface area contributed by atoms with Gasteiger partial charge in [0.25, 0.3) is 0 Å². The van der Waals surface area contributed by atoms with E-state index in [0.717, 1.165) is 47.6 Å². The molecule has 5 nitrogen and oxygen atoms in total. The van der Waals surface area contributed by atoms with Crippen LogP contribution in [0.3, 0.4) is 0 Å². The second kappa shape index (κ2) is 6.35. The van der Waals surface area contributed by atoms with E-state index in [2.05, 4.69) is 31.2 Å². The zero-order valence-electron chi connectivity index (χ0n) is 13.7. The normalized spacial score (nSPS) is 15.0. The van der Waals surface area contributed by atoms with Crippen LogP contribution in [0.5, 0.6) is 0 Å². The van der Waals surface area contributed by atoms with Crippen LogP contribution in [0.25, 0.3) is 5.65 Å². The topological polar surface area (TPSA) is 46.3 Å². The third-order valence-electron chi connectivity index (χ3n) is 4.43. The molecule has 124 valence electrons. The van der Waals surface area contributed by atoms with Gasteiger partial charge in [-0.05, 0) is 25.3 Å². The highest BCUT2D eigenvalue weighted by Gasteiger charge is 2.20. The minimum atomic E-state index is 0.725. The maximum absolute atomic E-state index is 6.16. The number of rotatable bonds is 3. The van der Waals surface area contributed by atoms with Crippen molar-refractivity contribution < 1.29 is 0 Å². The van der Waals surface area contributed by atoms with E-state index in [-0.39, 0.29) is 0 Å². The van der Waals surface area contributed by atoms with Gasteiger partial charge in [-0.3, -0.25) is 4.90 Å². The summed E-state index contributed by atoms with van der Waals surface area (Å²) < 4.78 is 2.10. The van der Waals surface area contributed by atoms with Gasteiger partial charge in [0.1, 0.15) is 5.65 Å². The molecule has 0 unspecified atom stereocenters. The van der Waals surface area contributed by atoms with Gasteiger partial charge in [0, 0.05) is 44.0 Å². The summed E-state index contributed by atoms with van der Waals surface area (Å²) in [5, 5.41) is 1.58. The van der Waals surface area contributed by atoms with Crippen LogP contribution in [0.4, 0.5) is 0 Å². The molecule has 4 heterocycles. The van der Waals surface area contributed by atoms with Gasteiger partial charge >= 0.3 is 0 Å². The number of aryl methyl sites for hydroxylation is 1. The zero-order chi connectivity index (χ0) is 16.7. The summed E-state index contributed by atoms with van der Waals surface area (Å²) in [6.07, 6.45) is 6.88. The lowest BCUT2D eigenvalue weighted by Crippen LogP contribution is -2.31. The fourth-order valence-electron chi connectivity index (χ4n) is 3.18. The maximum Gasteiger partial charge on any atom is 0.187 e. The van der Waals surface area contributed by atoms with Crippen molar-refractivity contribution in [3.05, 3.63) is 52.2 Å². The van der Waals surface area contributed by atoms with Gasteiger partial charge < -0.3 is 4.40 Å². The first-order chi connectivity index (χ1) is 11.6. The second-order valence-corrected chi connectivity index (χ2v) is 7.22. The lowest BCUT2D eigenvalue weighted by atomic mass is 10.1. The molecule has 3 aromatic rings. The first kappa shape index (κ1) is 15.9. The predicted octanol–water partition coefficient (Wildman–Crippen LogP) is 3.37. The van der Waals surface area contributed by atoms with Gasteiger partial charge in [0.15, 0.2) is 5.16 Å². The Morgan fingerprint density at radius 3 is 3.00 bits per heavy atom. The van der Waals surface area contributed by atoms with Crippen molar-refractivity contribution in [3.8, 4) is 0 Å². The second-order valence-electron chi connectivity index (χ2n) is 6.01. The summed E-state index contributed by atoms with van der Waals surface area (Å²) in [5.74, 6) is 0. The largest absolute Gasteiger partial charge is 0.301 e. The van der Waals surface area contributed by atoms with Gasteiger partial charge in [-0.1, -0.05) is 23.4 Å². The van der Waals surface area contributed by atoms with Crippen molar-refractivity contribution in [1.29, 1.82) is 0 Å². The third-order valence-corrected chi connectivity index (χ3v) is 5.21. The van der Waals surface area contributed by atoms with Crippen LogP contribution in [0, 0.1) is 6.92 Å². The molecule has 4 rings (SSSR count). The summed E-state index contributed by atoms with van der Waals surface area (Å²) >= 11 is 7.75. The van der Waals surface area contributed by atoms with Gasteiger partial charge in [0.05, 0.1) is 22.1 Å². The van der Waals surface area contributed by atoms with Gasteiger partial charge in [-0.25, -0.2) is 15.0 Å². The minimum Gasteiger partial charge on any atom is -0.301 e. The molecule has 0 aliphatic carbocycles. The summed E-state index contributed by atoms with van der Waals surface area (Å²) in [4.78, 5) is 16.1. The van der Waals surface area contributed by atoms with Gasteiger partial charge in [-0.2, -0.15) is 0 Å².